The summed E-state index contributed by atoms with van der Waals surface area (Å²) in [6, 6.07) is 9.36. The highest BCUT2D eigenvalue weighted by Gasteiger charge is 2.12. The molecular weight excluding hydrogens is 356 g/mol. The Balaban J connectivity index is 2.56. The molecule has 10 heteroatoms. The molecule has 0 aliphatic carbocycles. The van der Waals surface area contributed by atoms with Crippen LogP contribution < -0.4 is 19.9 Å². The van der Waals surface area contributed by atoms with Gasteiger partial charge in [-0.3, -0.25) is 4.72 Å². The maximum Gasteiger partial charge on any atom is 0.222 e. The molecule has 130 valence electrons. The number of thiol groups is 2. The summed E-state index contributed by atoms with van der Waals surface area (Å²) in [6.45, 7) is 0. The quantitative estimate of drug-likeness (QED) is 0.419. The summed E-state index contributed by atoms with van der Waals surface area (Å²) in [5.74, 6) is 0.314. The minimum Gasteiger partial charge on any atom is -0.497 e. The zero-order valence-electron chi connectivity index (χ0n) is 12.6. The maximum absolute atomic E-state index is 11.0. The molecule has 2 aromatic rings. The zero-order chi connectivity index (χ0) is 17.7. The van der Waals surface area contributed by atoms with E-state index in [0.29, 0.717) is 22.6 Å². The number of rotatable bonds is 7. The van der Waals surface area contributed by atoms with Crippen molar-refractivity contribution in [2.24, 2.45) is 0 Å². The third-order valence-corrected chi connectivity index (χ3v) is 3.85. The Kier molecular flexibility index (Phi) is 5.88. The number of hydrogen-bond donors (Lipinski definition) is 4. The average molecular weight is 372 g/mol. The van der Waals surface area contributed by atoms with E-state index in [1.807, 2.05) is 0 Å². The molecule has 0 saturated carbocycles. The van der Waals surface area contributed by atoms with Crippen LogP contribution in [0.5, 0.6) is 11.5 Å². The highest BCUT2D eigenvalue weighted by atomic mass is 32.2. The number of nitrogens with two attached hydrogens (primary N) is 1. The predicted molar refractivity (Wildman–Crippen MR) is 92.6 cm³/mol. The van der Waals surface area contributed by atoms with Crippen molar-refractivity contribution in [3.05, 3.63) is 36.4 Å². The van der Waals surface area contributed by atoms with Crippen LogP contribution >= 0.6 is 0 Å². The van der Waals surface area contributed by atoms with E-state index in [-0.39, 0.29) is 11.4 Å². The van der Waals surface area contributed by atoms with Crippen LogP contribution in [0.3, 0.4) is 0 Å². The topological polar surface area (TPSA) is 125 Å². The number of nitrogen functional groups attached to an aromatic ring is 1. The normalized spacial score (nSPS) is 10.8. The molecule has 0 aliphatic heterocycles. The Hall–Kier alpha value is -2.46. The molecule has 0 fully saturated rings. The molecular formula is C14H16N2O6S2. The van der Waals surface area contributed by atoms with Gasteiger partial charge < -0.3 is 15.2 Å². The lowest BCUT2D eigenvalue weighted by Crippen LogP contribution is -2.02. The summed E-state index contributed by atoms with van der Waals surface area (Å²) in [4.78, 5) is 0. The Morgan fingerprint density at radius 2 is 1.67 bits per heavy atom. The van der Waals surface area contributed by atoms with Crippen molar-refractivity contribution in [1.82, 2.24) is 0 Å². The number of methoxy groups -OCH3 is 1. The van der Waals surface area contributed by atoms with Gasteiger partial charge in [-0.05, 0) is 36.4 Å². The first-order valence-corrected chi connectivity index (χ1v) is 9.18. The average Bonchev–Trinajstić information content (AvgIpc) is 2.54. The van der Waals surface area contributed by atoms with Gasteiger partial charge in [0.05, 0.1) is 12.8 Å². The fourth-order valence-electron chi connectivity index (χ4n) is 2.05. The van der Waals surface area contributed by atoms with E-state index in [1.165, 1.54) is 25.3 Å². The van der Waals surface area contributed by atoms with Gasteiger partial charge in [-0.15, -0.1) is 0 Å². The molecule has 0 spiro atoms. The molecule has 0 atom stereocenters. The first-order valence-electron chi connectivity index (χ1n) is 6.64. The number of hydrogen-bond acceptors (Lipinski definition) is 7. The van der Waals surface area contributed by atoms with Crippen molar-refractivity contribution in [2.45, 2.75) is 0 Å². The van der Waals surface area contributed by atoms with E-state index in [2.05, 4.69) is 4.72 Å². The Bertz CT molecular complexity index is 877. The predicted octanol–water partition coefficient (Wildman–Crippen LogP) is 0.830. The van der Waals surface area contributed by atoms with Gasteiger partial charge in [0.1, 0.15) is 11.5 Å². The van der Waals surface area contributed by atoms with E-state index >= 15 is 0 Å². The van der Waals surface area contributed by atoms with Crippen LogP contribution in [-0.4, -0.2) is 29.9 Å². The second-order valence-electron chi connectivity index (χ2n) is 4.64. The van der Waals surface area contributed by atoms with Crippen molar-refractivity contribution in [2.75, 3.05) is 23.5 Å². The molecule has 0 unspecified atom stereocenters. The van der Waals surface area contributed by atoms with Crippen molar-refractivity contribution < 1.29 is 26.3 Å². The highest BCUT2D eigenvalue weighted by molar-refractivity contribution is 7.74. The van der Waals surface area contributed by atoms with Crippen molar-refractivity contribution in [3.63, 3.8) is 0 Å². The van der Waals surface area contributed by atoms with E-state index in [0.717, 1.165) is 0 Å². The molecule has 0 heterocycles. The standard InChI is InChI=1S/C14H16N2O6S2/c1-21-9-2-4-13(15)11(6-9)12-7-10(22-8-23(17)18)3-5-14(12)16-24(19)20/h2-7,23-24H,8,15H2,1H3,(H,16,19,20). The Labute approximate surface area is 142 Å². The summed E-state index contributed by atoms with van der Waals surface area (Å²) in [6.07, 6.45) is 0. The van der Waals surface area contributed by atoms with Crippen LogP contribution in [0.4, 0.5) is 11.4 Å². The molecule has 8 nitrogen and oxygen atoms in total. The first kappa shape index (κ1) is 17.9. The molecule has 0 bridgehead atoms. The lowest BCUT2D eigenvalue weighted by Gasteiger charge is -2.14. The third-order valence-electron chi connectivity index (χ3n) is 3.09. The molecule has 0 radical (unpaired) electrons. The molecule has 0 aliphatic rings. The van der Waals surface area contributed by atoms with Crippen LogP contribution in [0.2, 0.25) is 0 Å². The van der Waals surface area contributed by atoms with Crippen LogP contribution in [0.1, 0.15) is 0 Å². The molecule has 2 rings (SSSR count). The van der Waals surface area contributed by atoms with Crippen LogP contribution in [0, 0.1) is 0 Å². The van der Waals surface area contributed by atoms with E-state index in [9.17, 15) is 16.8 Å². The summed E-state index contributed by atoms with van der Waals surface area (Å²) < 4.78 is 56.0. The van der Waals surface area contributed by atoms with Gasteiger partial charge in [-0.2, -0.15) is 0 Å². The highest BCUT2D eigenvalue weighted by Crippen LogP contribution is 2.37. The summed E-state index contributed by atoms with van der Waals surface area (Å²) in [5, 5.41) is 0. The maximum atomic E-state index is 11.0. The van der Waals surface area contributed by atoms with Crippen molar-refractivity contribution in [3.8, 4) is 22.6 Å². The minimum absolute atomic E-state index is 0.262. The molecule has 24 heavy (non-hydrogen) atoms. The van der Waals surface area contributed by atoms with Crippen molar-refractivity contribution in [1.29, 1.82) is 0 Å². The number of anilines is 2. The molecule has 3 N–H and O–H groups in total. The van der Waals surface area contributed by atoms with Gasteiger partial charge in [-0.1, -0.05) is 0 Å². The number of ether oxygens (including phenoxy) is 2. The SMILES string of the molecule is COc1ccc(N)c(-c2cc(OC[SH](=O)=O)ccc2N[SH](=O)=O)c1. The van der Waals surface area contributed by atoms with Gasteiger partial charge in [-0.25, -0.2) is 16.8 Å². The first-order chi connectivity index (χ1) is 11.4. The van der Waals surface area contributed by atoms with Crippen LogP contribution in [0.25, 0.3) is 11.1 Å². The zero-order valence-corrected chi connectivity index (χ0v) is 14.4. The van der Waals surface area contributed by atoms with Gasteiger partial charge in [0.2, 0.25) is 10.9 Å². The van der Waals surface area contributed by atoms with E-state index in [4.69, 9.17) is 15.2 Å². The van der Waals surface area contributed by atoms with Gasteiger partial charge in [0, 0.05) is 16.8 Å². The Morgan fingerprint density at radius 1 is 1.00 bits per heavy atom. The third kappa shape index (κ3) is 4.52. The van der Waals surface area contributed by atoms with E-state index < -0.39 is 27.5 Å². The molecule has 0 saturated heterocycles. The minimum atomic E-state index is -2.89. The lowest BCUT2D eigenvalue weighted by molar-refractivity contribution is 0.381. The second kappa shape index (κ2) is 7.88. The molecule has 0 amide bonds. The summed E-state index contributed by atoms with van der Waals surface area (Å²) >= 11 is 0. The van der Waals surface area contributed by atoms with Gasteiger partial charge in [0.15, 0.2) is 16.6 Å². The van der Waals surface area contributed by atoms with Crippen molar-refractivity contribution >= 4 is 33.0 Å². The fourth-order valence-corrected chi connectivity index (χ4v) is 2.70. The summed E-state index contributed by atoms with van der Waals surface area (Å²) in [5.41, 5.74) is 7.61. The fraction of sp³-hybridized carbons (Fsp3) is 0.143. The largest absolute Gasteiger partial charge is 0.497 e. The van der Waals surface area contributed by atoms with Crippen LogP contribution in [0.15, 0.2) is 36.4 Å². The Morgan fingerprint density at radius 3 is 2.29 bits per heavy atom. The van der Waals surface area contributed by atoms with Crippen LogP contribution in [-0.2, 0) is 21.6 Å². The number of nitrogens with one attached hydrogen (secondary N) is 1. The molecule has 0 aromatic heterocycles. The van der Waals surface area contributed by atoms with Gasteiger partial charge >= 0.3 is 0 Å². The van der Waals surface area contributed by atoms with Gasteiger partial charge in [0.25, 0.3) is 0 Å². The lowest BCUT2D eigenvalue weighted by atomic mass is 10.0. The number of benzene rings is 2. The summed E-state index contributed by atoms with van der Waals surface area (Å²) in [7, 11) is -4.10. The van der Waals surface area contributed by atoms with E-state index in [1.54, 1.807) is 18.2 Å². The second-order valence-corrected chi connectivity index (χ2v) is 6.30. The smallest absolute Gasteiger partial charge is 0.222 e. The molecule has 2 aromatic carbocycles. The monoisotopic (exact) mass is 372 g/mol.